The van der Waals surface area contributed by atoms with Gasteiger partial charge in [0.15, 0.2) is 0 Å². The van der Waals surface area contributed by atoms with E-state index in [4.69, 9.17) is 5.26 Å². The Morgan fingerprint density at radius 3 is 2.39 bits per heavy atom. The SMILES string of the molecule is Cc1ccc(S(=O)(=O)n2cc3c(c2)SC(=C2SC=C(SCCC#N)S2)S3)cc1. The molecule has 2 aromatic rings. The Morgan fingerprint density at radius 1 is 1.07 bits per heavy atom. The van der Waals surface area contributed by atoms with Crippen LogP contribution in [-0.4, -0.2) is 18.1 Å². The minimum Gasteiger partial charge on any atom is -0.247 e. The Bertz CT molecular complexity index is 1100. The van der Waals surface area contributed by atoms with Crippen molar-refractivity contribution in [2.45, 2.75) is 28.0 Å². The molecule has 0 N–H and O–H groups in total. The molecule has 4 nitrogen and oxygen atoms in total. The van der Waals surface area contributed by atoms with Gasteiger partial charge in [-0.2, -0.15) is 5.26 Å². The van der Waals surface area contributed by atoms with Crippen LogP contribution < -0.4 is 0 Å². The quantitative estimate of drug-likeness (QED) is 0.461. The van der Waals surface area contributed by atoms with Gasteiger partial charge < -0.3 is 0 Å². The van der Waals surface area contributed by atoms with E-state index in [1.165, 1.54) is 16.7 Å². The zero-order valence-corrected chi connectivity index (χ0v) is 19.5. The van der Waals surface area contributed by atoms with Crippen molar-refractivity contribution in [1.29, 1.82) is 5.26 Å². The van der Waals surface area contributed by atoms with Crippen molar-refractivity contribution in [1.82, 2.24) is 3.97 Å². The van der Waals surface area contributed by atoms with E-state index >= 15 is 0 Å². The predicted octanol–water partition coefficient (Wildman–Crippen LogP) is 6.28. The van der Waals surface area contributed by atoms with E-state index in [0.29, 0.717) is 11.3 Å². The van der Waals surface area contributed by atoms with Crippen LogP contribution in [0.2, 0.25) is 0 Å². The number of nitriles is 1. The van der Waals surface area contributed by atoms with Gasteiger partial charge in [0.05, 0.1) is 23.7 Å². The molecule has 0 amide bonds. The maximum atomic E-state index is 12.8. The molecule has 0 radical (unpaired) electrons. The molecule has 0 unspecified atom stereocenters. The second-order valence-electron chi connectivity index (χ2n) is 5.83. The summed E-state index contributed by atoms with van der Waals surface area (Å²) >= 11 is 8.37. The minimum atomic E-state index is -3.57. The monoisotopic (exact) mass is 482 g/mol. The Hall–Kier alpha value is -0.830. The first-order valence-corrected chi connectivity index (χ1v) is 13.9. The van der Waals surface area contributed by atoms with Crippen molar-refractivity contribution >= 4 is 68.8 Å². The smallest absolute Gasteiger partial charge is 0.247 e. The fourth-order valence-electron chi connectivity index (χ4n) is 2.42. The standard InChI is InChI=1S/C18H14N2O2S6/c1-12-3-5-13(6-4-12)28(21,22)20-9-14-15(10-20)26-18(25-14)17-24-11-16(27-17)23-8-2-7-19/h3-6,9-11H,2,8H2,1H3. The molecule has 0 saturated carbocycles. The normalized spacial score (nSPS) is 16.2. The highest BCUT2D eigenvalue weighted by atomic mass is 32.2. The molecule has 1 aromatic heterocycles. The molecule has 0 atom stereocenters. The largest absolute Gasteiger partial charge is 0.267 e. The van der Waals surface area contributed by atoms with E-state index in [1.54, 1.807) is 83.3 Å². The second kappa shape index (κ2) is 8.50. The van der Waals surface area contributed by atoms with E-state index in [-0.39, 0.29) is 0 Å². The summed E-state index contributed by atoms with van der Waals surface area (Å²) in [5, 5.41) is 10.8. The zero-order valence-electron chi connectivity index (χ0n) is 14.6. The summed E-state index contributed by atoms with van der Waals surface area (Å²) in [5.41, 5.74) is 1.03. The molecule has 2 aliphatic heterocycles. The molecule has 1 aromatic carbocycles. The van der Waals surface area contributed by atoms with Crippen molar-refractivity contribution in [3.8, 4) is 6.07 Å². The Kier molecular flexibility index (Phi) is 6.20. The van der Waals surface area contributed by atoms with Crippen LogP contribution in [0, 0.1) is 18.3 Å². The van der Waals surface area contributed by atoms with Crippen LogP contribution in [0.15, 0.2) is 69.5 Å². The number of aryl methyl sites for hydroxylation is 1. The summed E-state index contributed by atoms with van der Waals surface area (Å²) in [6.07, 6.45) is 3.96. The molecular formula is C18H14N2O2S6. The first kappa shape index (κ1) is 20.4. The molecule has 3 heterocycles. The van der Waals surface area contributed by atoms with Crippen molar-refractivity contribution in [3.05, 3.63) is 60.3 Å². The number of aromatic nitrogens is 1. The molecule has 4 rings (SSSR count). The number of hydrogen-bond donors (Lipinski definition) is 0. The number of hydrogen-bond acceptors (Lipinski definition) is 8. The maximum Gasteiger partial charge on any atom is 0.267 e. The van der Waals surface area contributed by atoms with Crippen molar-refractivity contribution in [2.75, 3.05) is 5.75 Å². The van der Waals surface area contributed by atoms with Gasteiger partial charge in [-0.1, -0.05) is 64.7 Å². The van der Waals surface area contributed by atoms with E-state index in [0.717, 1.165) is 21.1 Å². The Morgan fingerprint density at radius 2 is 1.75 bits per heavy atom. The fourth-order valence-corrected chi connectivity index (χ4v) is 10.2. The van der Waals surface area contributed by atoms with Crippen molar-refractivity contribution in [2.24, 2.45) is 0 Å². The van der Waals surface area contributed by atoms with E-state index in [1.807, 2.05) is 19.1 Å². The summed E-state index contributed by atoms with van der Waals surface area (Å²) in [7, 11) is -3.57. The fraction of sp³-hybridized carbons (Fsp3) is 0.167. The first-order valence-electron chi connectivity index (χ1n) is 8.16. The van der Waals surface area contributed by atoms with Gasteiger partial charge in [0.25, 0.3) is 10.0 Å². The average Bonchev–Trinajstić information content (AvgIpc) is 3.36. The van der Waals surface area contributed by atoms with Gasteiger partial charge in [-0.15, -0.1) is 11.8 Å². The molecule has 10 heteroatoms. The third-order valence-corrected chi connectivity index (χ3v) is 12.2. The van der Waals surface area contributed by atoms with E-state index in [2.05, 4.69) is 11.5 Å². The van der Waals surface area contributed by atoms with Gasteiger partial charge in [0.1, 0.15) is 0 Å². The van der Waals surface area contributed by atoms with Crippen LogP contribution in [0.1, 0.15) is 12.0 Å². The third kappa shape index (κ3) is 4.20. The van der Waals surface area contributed by atoms with Gasteiger partial charge in [-0.25, -0.2) is 12.4 Å². The van der Waals surface area contributed by atoms with E-state index in [9.17, 15) is 8.42 Å². The lowest BCUT2D eigenvalue weighted by molar-refractivity contribution is 0.587. The number of thioether (sulfide) groups is 5. The molecule has 0 spiro atoms. The van der Waals surface area contributed by atoms with Crippen molar-refractivity contribution in [3.63, 3.8) is 0 Å². The van der Waals surface area contributed by atoms with Gasteiger partial charge >= 0.3 is 0 Å². The van der Waals surface area contributed by atoms with Crippen LogP contribution in [0.3, 0.4) is 0 Å². The first-order chi connectivity index (χ1) is 13.5. The second-order valence-corrected chi connectivity index (χ2v) is 13.6. The molecule has 144 valence electrons. The lowest BCUT2D eigenvalue weighted by atomic mass is 10.2. The van der Waals surface area contributed by atoms with Crippen LogP contribution in [0.5, 0.6) is 0 Å². The van der Waals surface area contributed by atoms with Crippen LogP contribution >= 0.6 is 58.8 Å². The summed E-state index contributed by atoms with van der Waals surface area (Å²) in [6.45, 7) is 1.93. The third-order valence-electron chi connectivity index (χ3n) is 3.81. The lowest BCUT2D eigenvalue weighted by Crippen LogP contribution is -2.10. The molecule has 0 aliphatic carbocycles. The van der Waals surface area contributed by atoms with E-state index < -0.39 is 10.0 Å². The molecule has 28 heavy (non-hydrogen) atoms. The summed E-state index contributed by atoms with van der Waals surface area (Å²) in [5.74, 6) is 0.806. The minimum absolute atomic E-state index is 0.297. The van der Waals surface area contributed by atoms with Gasteiger partial charge in [-0.3, -0.25) is 0 Å². The number of fused-ring (bicyclic) bond motifs is 1. The molecule has 0 fully saturated rings. The number of nitrogens with zero attached hydrogens (tertiary/aromatic N) is 2. The Balaban J connectivity index is 1.48. The summed E-state index contributed by atoms with van der Waals surface area (Å²) in [4.78, 5) is 2.23. The lowest BCUT2D eigenvalue weighted by Gasteiger charge is -2.07. The molecule has 0 bridgehead atoms. The van der Waals surface area contributed by atoms with Crippen LogP contribution in [0.4, 0.5) is 0 Å². The summed E-state index contributed by atoms with van der Waals surface area (Å²) in [6, 6.07) is 9.07. The average molecular weight is 483 g/mol. The van der Waals surface area contributed by atoms with Gasteiger partial charge in [0.2, 0.25) is 0 Å². The number of benzene rings is 1. The Labute approximate surface area is 185 Å². The van der Waals surface area contributed by atoms with Crippen LogP contribution in [-0.2, 0) is 10.0 Å². The predicted molar refractivity (Wildman–Crippen MR) is 123 cm³/mol. The highest BCUT2D eigenvalue weighted by Gasteiger charge is 2.28. The molecule has 2 aliphatic rings. The maximum absolute atomic E-state index is 12.8. The topological polar surface area (TPSA) is 62.9 Å². The van der Waals surface area contributed by atoms with Crippen molar-refractivity contribution < 1.29 is 8.42 Å². The van der Waals surface area contributed by atoms with Crippen LogP contribution in [0.25, 0.3) is 0 Å². The number of rotatable bonds is 5. The molecule has 0 saturated heterocycles. The summed E-state index contributed by atoms with van der Waals surface area (Å²) < 4.78 is 30.6. The molecular weight excluding hydrogens is 469 g/mol. The van der Waals surface area contributed by atoms with Gasteiger partial charge in [-0.05, 0) is 24.5 Å². The zero-order chi connectivity index (χ0) is 19.7. The highest BCUT2D eigenvalue weighted by molar-refractivity contribution is 8.37. The highest BCUT2D eigenvalue weighted by Crippen LogP contribution is 2.60. The van der Waals surface area contributed by atoms with Gasteiger partial charge in [0, 0.05) is 34.4 Å².